The van der Waals surface area contributed by atoms with Gasteiger partial charge in [-0.25, -0.2) is 13.1 Å². The highest BCUT2D eigenvalue weighted by atomic mass is 32.2. The smallest absolute Gasteiger partial charge is 0.251 e. The van der Waals surface area contributed by atoms with Crippen molar-refractivity contribution in [3.05, 3.63) is 29.3 Å². The fourth-order valence-corrected chi connectivity index (χ4v) is 2.97. The van der Waals surface area contributed by atoms with E-state index < -0.39 is 10.0 Å². The van der Waals surface area contributed by atoms with Crippen LogP contribution in [0.2, 0.25) is 0 Å². The third-order valence-electron chi connectivity index (χ3n) is 3.26. The lowest BCUT2D eigenvalue weighted by molar-refractivity contribution is 0.0948. The Morgan fingerprint density at radius 2 is 1.95 bits per heavy atom. The van der Waals surface area contributed by atoms with E-state index in [1.807, 2.05) is 20.8 Å². The summed E-state index contributed by atoms with van der Waals surface area (Å²) in [6.45, 7) is 8.77. The summed E-state index contributed by atoms with van der Waals surface area (Å²) < 4.78 is 27.0. The summed E-state index contributed by atoms with van der Waals surface area (Å²) in [7, 11) is -3.57. The van der Waals surface area contributed by atoms with Crippen LogP contribution in [-0.2, 0) is 10.0 Å². The van der Waals surface area contributed by atoms with Crippen LogP contribution in [0.3, 0.4) is 0 Å². The second-order valence-electron chi connectivity index (χ2n) is 5.83. The van der Waals surface area contributed by atoms with Gasteiger partial charge < -0.3 is 5.32 Å². The van der Waals surface area contributed by atoms with Crippen molar-refractivity contribution < 1.29 is 13.2 Å². The molecule has 0 aliphatic carbocycles. The Balaban J connectivity index is 2.96. The van der Waals surface area contributed by atoms with Gasteiger partial charge in [0.05, 0.1) is 4.90 Å². The van der Waals surface area contributed by atoms with Crippen LogP contribution in [0, 0.1) is 12.8 Å². The Hall–Kier alpha value is -1.40. The summed E-state index contributed by atoms with van der Waals surface area (Å²) in [6, 6.07) is 4.64. The number of carbonyl (C=O) groups is 1. The number of carbonyl (C=O) groups excluding carboxylic acids is 1. The maximum atomic E-state index is 12.2. The number of benzene rings is 1. The van der Waals surface area contributed by atoms with Crippen LogP contribution in [-0.4, -0.2) is 27.4 Å². The lowest BCUT2D eigenvalue weighted by Crippen LogP contribution is -2.29. The fraction of sp³-hybridized carbons (Fsp3) is 0.562. The summed E-state index contributed by atoms with van der Waals surface area (Å²) in [4.78, 5) is 12.3. The molecule has 0 radical (unpaired) electrons. The molecule has 0 aliphatic rings. The predicted molar refractivity (Wildman–Crippen MR) is 88.4 cm³/mol. The summed E-state index contributed by atoms with van der Waals surface area (Å²) in [5, 5.41) is 2.82. The van der Waals surface area contributed by atoms with Gasteiger partial charge in [-0.1, -0.05) is 33.3 Å². The van der Waals surface area contributed by atoms with Gasteiger partial charge >= 0.3 is 0 Å². The van der Waals surface area contributed by atoms with E-state index in [1.54, 1.807) is 13.0 Å². The zero-order valence-electron chi connectivity index (χ0n) is 13.8. The average Bonchev–Trinajstić information content (AvgIpc) is 2.45. The lowest BCUT2D eigenvalue weighted by atomic mass is 10.1. The van der Waals surface area contributed by atoms with Crippen molar-refractivity contribution >= 4 is 15.9 Å². The molecule has 0 heterocycles. The number of amides is 1. The highest BCUT2D eigenvalue weighted by Gasteiger charge is 2.17. The molecule has 0 saturated carbocycles. The zero-order chi connectivity index (χ0) is 16.8. The van der Waals surface area contributed by atoms with E-state index in [1.165, 1.54) is 12.1 Å². The van der Waals surface area contributed by atoms with Crippen LogP contribution in [0.4, 0.5) is 0 Å². The van der Waals surface area contributed by atoms with E-state index in [9.17, 15) is 13.2 Å². The van der Waals surface area contributed by atoms with Crippen molar-refractivity contribution in [2.45, 2.75) is 45.4 Å². The third kappa shape index (κ3) is 5.42. The maximum Gasteiger partial charge on any atom is 0.251 e. The first-order valence-electron chi connectivity index (χ1n) is 7.66. The largest absolute Gasteiger partial charge is 0.352 e. The van der Waals surface area contributed by atoms with Gasteiger partial charge in [0, 0.05) is 18.7 Å². The van der Waals surface area contributed by atoms with Gasteiger partial charge in [0.2, 0.25) is 10.0 Å². The van der Waals surface area contributed by atoms with Crippen LogP contribution in [0.1, 0.15) is 49.5 Å². The molecule has 1 aromatic carbocycles. The first-order chi connectivity index (χ1) is 10.3. The Bertz CT molecular complexity index is 610. The highest BCUT2D eigenvalue weighted by Crippen LogP contribution is 2.16. The van der Waals surface area contributed by atoms with E-state index in [4.69, 9.17) is 0 Å². The third-order valence-corrected chi connectivity index (χ3v) is 4.72. The molecule has 0 aromatic heterocycles. The van der Waals surface area contributed by atoms with Crippen LogP contribution < -0.4 is 10.0 Å². The minimum absolute atomic E-state index is 0.129. The van der Waals surface area contributed by atoms with Gasteiger partial charge in [-0.2, -0.15) is 0 Å². The van der Waals surface area contributed by atoms with Gasteiger partial charge in [0.25, 0.3) is 5.91 Å². The van der Waals surface area contributed by atoms with E-state index in [0.29, 0.717) is 24.6 Å². The molecule has 0 fully saturated rings. The molecule has 1 rings (SSSR count). The van der Waals surface area contributed by atoms with Gasteiger partial charge in [0.1, 0.15) is 0 Å². The minimum atomic E-state index is -3.57. The van der Waals surface area contributed by atoms with E-state index >= 15 is 0 Å². The number of hydrogen-bond donors (Lipinski definition) is 2. The minimum Gasteiger partial charge on any atom is -0.352 e. The highest BCUT2D eigenvalue weighted by molar-refractivity contribution is 7.89. The predicted octanol–water partition coefficient (Wildman–Crippen LogP) is 2.46. The molecule has 0 atom stereocenters. The standard InChI is InChI=1S/C16H26N2O3S/c1-5-6-9-18-22(20,21)14-8-7-13(4)15(10-14)16(19)17-11-12(2)3/h7-8,10,12,18H,5-6,9,11H2,1-4H3,(H,17,19). The number of hydrogen-bond acceptors (Lipinski definition) is 3. The molecule has 0 spiro atoms. The van der Waals surface area contributed by atoms with Crippen molar-refractivity contribution in [3.63, 3.8) is 0 Å². The number of aryl methyl sites for hydroxylation is 1. The first-order valence-corrected chi connectivity index (χ1v) is 9.14. The van der Waals surface area contributed by atoms with Crippen molar-refractivity contribution in [3.8, 4) is 0 Å². The molecular weight excluding hydrogens is 300 g/mol. The Morgan fingerprint density at radius 3 is 2.55 bits per heavy atom. The van der Waals surface area contributed by atoms with Gasteiger partial charge in [-0.15, -0.1) is 0 Å². The van der Waals surface area contributed by atoms with Crippen LogP contribution in [0.15, 0.2) is 23.1 Å². The van der Waals surface area contributed by atoms with Crippen molar-refractivity contribution in [2.24, 2.45) is 5.92 Å². The summed E-state index contributed by atoms with van der Waals surface area (Å²) in [5.74, 6) is 0.101. The summed E-state index contributed by atoms with van der Waals surface area (Å²) >= 11 is 0. The quantitative estimate of drug-likeness (QED) is 0.721. The van der Waals surface area contributed by atoms with Crippen molar-refractivity contribution in [1.82, 2.24) is 10.0 Å². The van der Waals surface area contributed by atoms with Crippen molar-refractivity contribution in [2.75, 3.05) is 13.1 Å². The number of rotatable bonds is 8. The molecule has 0 unspecified atom stereocenters. The fourth-order valence-electron chi connectivity index (χ4n) is 1.87. The first kappa shape index (κ1) is 18.6. The maximum absolute atomic E-state index is 12.2. The topological polar surface area (TPSA) is 75.3 Å². The normalized spacial score (nSPS) is 11.7. The number of nitrogens with one attached hydrogen (secondary N) is 2. The molecule has 1 amide bonds. The molecule has 124 valence electrons. The van der Waals surface area contributed by atoms with Gasteiger partial charge in [-0.3, -0.25) is 4.79 Å². The van der Waals surface area contributed by atoms with E-state index in [2.05, 4.69) is 10.0 Å². The number of unbranched alkanes of at least 4 members (excludes halogenated alkanes) is 1. The Labute approximate surface area is 133 Å². The molecule has 5 nitrogen and oxygen atoms in total. The lowest BCUT2D eigenvalue weighted by Gasteiger charge is -2.12. The van der Waals surface area contributed by atoms with Crippen LogP contribution >= 0.6 is 0 Å². The molecule has 1 aromatic rings. The molecular formula is C16H26N2O3S. The Morgan fingerprint density at radius 1 is 1.27 bits per heavy atom. The zero-order valence-corrected chi connectivity index (χ0v) is 14.6. The van der Waals surface area contributed by atoms with E-state index in [-0.39, 0.29) is 10.8 Å². The van der Waals surface area contributed by atoms with Gasteiger partial charge in [0.15, 0.2) is 0 Å². The molecule has 6 heteroatoms. The van der Waals surface area contributed by atoms with Gasteiger partial charge in [-0.05, 0) is 37.0 Å². The van der Waals surface area contributed by atoms with Crippen molar-refractivity contribution in [1.29, 1.82) is 0 Å². The SMILES string of the molecule is CCCCNS(=O)(=O)c1ccc(C)c(C(=O)NCC(C)C)c1. The summed E-state index contributed by atoms with van der Waals surface area (Å²) in [5.41, 5.74) is 1.16. The van der Waals surface area contributed by atoms with Crippen LogP contribution in [0.5, 0.6) is 0 Å². The average molecular weight is 326 g/mol. The molecule has 0 bridgehead atoms. The molecule has 0 saturated heterocycles. The molecule has 2 N–H and O–H groups in total. The second-order valence-corrected chi connectivity index (χ2v) is 7.60. The molecule has 0 aliphatic heterocycles. The Kier molecular flexibility index (Phi) is 7.03. The monoisotopic (exact) mass is 326 g/mol. The summed E-state index contributed by atoms with van der Waals surface area (Å²) in [6.07, 6.45) is 1.70. The molecule has 22 heavy (non-hydrogen) atoms. The van der Waals surface area contributed by atoms with Crippen LogP contribution in [0.25, 0.3) is 0 Å². The van der Waals surface area contributed by atoms with E-state index in [0.717, 1.165) is 18.4 Å². The second kappa shape index (κ2) is 8.29. The number of sulfonamides is 1.